The number of rotatable bonds is 6. The van der Waals surface area contributed by atoms with E-state index in [1.165, 1.54) is 0 Å². The van der Waals surface area contributed by atoms with E-state index in [-0.39, 0.29) is 29.7 Å². The molecule has 9 nitrogen and oxygen atoms in total. The Morgan fingerprint density at radius 1 is 1.35 bits per heavy atom. The van der Waals surface area contributed by atoms with Crippen LogP contribution in [0.4, 0.5) is 17.5 Å². The molecule has 9 heteroatoms. The molecule has 0 aromatic carbocycles. The molecule has 4 N–H and O–H groups in total. The van der Waals surface area contributed by atoms with Crippen LogP contribution in [0.5, 0.6) is 5.75 Å². The van der Waals surface area contributed by atoms with Crippen LogP contribution in [-0.4, -0.2) is 38.8 Å². The third-order valence-corrected chi connectivity index (χ3v) is 5.03. The van der Waals surface area contributed by atoms with E-state index in [2.05, 4.69) is 37.9 Å². The van der Waals surface area contributed by atoms with E-state index in [1.807, 2.05) is 13.2 Å². The van der Waals surface area contributed by atoms with Gasteiger partial charge >= 0.3 is 0 Å². The topological polar surface area (TPSA) is 120 Å². The molecule has 4 rings (SSSR count). The number of amides is 1. The van der Waals surface area contributed by atoms with Crippen LogP contribution in [0.1, 0.15) is 6.42 Å². The molecule has 2 aromatic heterocycles. The molecule has 0 aliphatic heterocycles. The molecule has 1 fully saturated rings. The number of nitrogens with two attached hydrogens (primary N) is 1. The Balaban J connectivity index is 1.59. The molecule has 4 atom stereocenters. The maximum atomic E-state index is 11.9. The SMILES string of the molecule is COc1cnc(Nc2cnn(C)c2)nc1N[C@H]1[C@@H](C(N)=O)[C@@H]2C=C[C@H]1C2. The summed E-state index contributed by atoms with van der Waals surface area (Å²) in [5.74, 6) is 1.36. The minimum Gasteiger partial charge on any atom is -0.491 e. The summed E-state index contributed by atoms with van der Waals surface area (Å²) in [6, 6.07) is -0.0995. The van der Waals surface area contributed by atoms with Crippen molar-refractivity contribution < 1.29 is 9.53 Å². The minimum atomic E-state index is -0.291. The standard InChI is InChI=1S/C17H21N7O2/c1-24-8-11(6-20-24)21-17-19-7-12(26-2)16(23-17)22-14-10-4-3-9(5-10)13(14)15(18)25/h3-4,6-10,13-14H,5H2,1-2H3,(H2,18,25)(H2,19,21,22,23)/t9-,10+,13+,14-/m1/s1. The van der Waals surface area contributed by atoms with Gasteiger partial charge in [-0.2, -0.15) is 10.1 Å². The van der Waals surface area contributed by atoms with Crippen LogP contribution in [0.25, 0.3) is 0 Å². The van der Waals surface area contributed by atoms with Gasteiger partial charge in [0.15, 0.2) is 11.6 Å². The van der Waals surface area contributed by atoms with Crippen molar-refractivity contribution in [2.24, 2.45) is 30.5 Å². The molecule has 1 amide bonds. The molecule has 136 valence electrons. The van der Waals surface area contributed by atoms with Crippen LogP contribution in [0.2, 0.25) is 0 Å². The third kappa shape index (κ3) is 2.85. The van der Waals surface area contributed by atoms with Crippen molar-refractivity contribution in [1.29, 1.82) is 0 Å². The zero-order chi connectivity index (χ0) is 18.3. The molecule has 1 saturated carbocycles. The van der Waals surface area contributed by atoms with Gasteiger partial charge < -0.3 is 21.1 Å². The number of carbonyl (C=O) groups is 1. The van der Waals surface area contributed by atoms with Crippen LogP contribution in [-0.2, 0) is 11.8 Å². The van der Waals surface area contributed by atoms with E-state index >= 15 is 0 Å². The second kappa shape index (κ2) is 6.32. The third-order valence-electron chi connectivity index (χ3n) is 5.03. The molecular weight excluding hydrogens is 334 g/mol. The Bertz CT molecular complexity index is 863. The van der Waals surface area contributed by atoms with E-state index in [0.717, 1.165) is 12.1 Å². The average molecular weight is 355 g/mol. The summed E-state index contributed by atoms with van der Waals surface area (Å²) in [4.78, 5) is 20.7. The highest BCUT2D eigenvalue weighted by atomic mass is 16.5. The minimum absolute atomic E-state index is 0.0995. The summed E-state index contributed by atoms with van der Waals surface area (Å²) in [6.07, 6.45) is 10.3. The quantitative estimate of drug-likeness (QED) is 0.662. The smallest absolute Gasteiger partial charge is 0.229 e. The number of fused-ring (bicyclic) bond motifs is 2. The molecule has 0 saturated heterocycles. The van der Waals surface area contributed by atoms with Gasteiger partial charge in [0, 0.05) is 19.3 Å². The first-order valence-corrected chi connectivity index (χ1v) is 8.46. The number of aryl methyl sites for hydroxylation is 1. The van der Waals surface area contributed by atoms with Crippen molar-refractivity contribution in [1.82, 2.24) is 19.7 Å². The lowest BCUT2D eigenvalue weighted by Crippen LogP contribution is -2.41. The number of carbonyl (C=O) groups excluding carboxylic acids is 1. The number of aromatic nitrogens is 4. The molecule has 2 aliphatic rings. The lowest BCUT2D eigenvalue weighted by Gasteiger charge is -2.27. The van der Waals surface area contributed by atoms with Gasteiger partial charge in [-0.1, -0.05) is 12.2 Å². The molecule has 2 aliphatic carbocycles. The Morgan fingerprint density at radius 3 is 2.85 bits per heavy atom. The summed E-state index contributed by atoms with van der Waals surface area (Å²) < 4.78 is 7.06. The predicted octanol–water partition coefficient (Wildman–Crippen LogP) is 1.05. The second-order valence-corrected chi connectivity index (χ2v) is 6.68. The summed E-state index contributed by atoms with van der Waals surface area (Å²) in [6.45, 7) is 0. The van der Waals surface area contributed by atoms with Gasteiger partial charge in [-0.3, -0.25) is 9.48 Å². The fourth-order valence-electron chi connectivity index (χ4n) is 3.86. The van der Waals surface area contributed by atoms with E-state index in [0.29, 0.717) is 17.5 Å². The number of anilines is 3. The summed E-state index contributed by atoms with van der Waals surface area (Å²) >= 11 is 0. The fourth-order valence-corrected chi connectivity index (χ4v) is 3.86. The first-order chi connectivity index (χ1) is 12.5. The molecule has 2 bridgehead atoms. The van der Waals surface area contributed by atoms with Crippen LogP contribution < -0.4 is 21.1 Å². The maximum Gasteiger partial charge on any atom is 0.229 e. The van der Waals surface area contributed by atoms with Gasteiger partial charge in [-0.15, -0.1) is 0 Å². The highest BCUT2D eigenvalue weighted by Gasteiger charge is 2.47. The maximum absolute atomic E-state index is 11.9. The number of ether oxygens (including phenoxy) is 1. The number of hydrogen-bond acceptors (Lipinski definition) is 7. The van der Waals surface area contributed by atoms with E-state index in [1.54, 1.807) is 24.2 Å². The number of methoxy groups -OCH3 is 1. The Labute approximate surface area is 150 Å². The zero-order valence-electron chi connectivity index (χ0n) is 14.6. The van der Waals surface area contributed by atoms with Gasteiger partial charge in [0.1, 0.15) is 0 Å². The van der Waals surface area contributed by atoms with E-state index in [4.69, 9.17) is 10.5 Å². The van der Waals surface area contributed by atoms with E-state index < -0.39 is 0 Å². The number of allylic oxidation sites excluding steroid dienone is 1. The van der Waals surface area contributed by atoms with Gasteiger partial charge in [-0.25, -0.2) is 4.98 Å². The van der Waals surface area contributed by atoms with Crippen LogP contribution >= 0.6 is 0 Å². The predicted molar refractivity (Wildman–Crippen MR) is 95.9 cm³/mol. The second-order valence-electron chi connectivity index (χ2n) is 6.68. The Hall–Kier alpha value is -3.10. The summed E-state index contributed by atoms with van der Waals surface area (Å²) in [5, 5.41) is 10.6. The molecule has 0 spiro atoms. The highest BCUT2D eigenvalue weighted by Crippen LogP contribution is 2.45. The summed E-state index contributed by atoms with van der Waals surface area (Å²) in [7, 11) is 3.39. The van der Waals surface area contributed by atoms with Crippen molar-refractivity contribution in [3.8, 4) is 5.75 Å². The number of hydrogen-bond donors (Lipinski definition) is 3. The van der Waals surface area contributed by atoms with E-state index in [9.17, 15) is 4.79 Å². The van der Waals surface area contributed by atoms with Crippen molar-refractivity contribution in [2.45, 2.75) is 12.5 Å². The van der Waals surface area contributed by atoms with Crippen molar-refractivity contribution >= 4 is 23.4 Å². The van der Waals surface area contributed by atoms with Gasteiger partial charge in [0.05, 0.1) is 31.1 Å². The van der Waals surface area contributed by atoms with Gasteiger partial charge in [-0.05, 0) is 18.3 Å². The molecule has 26 heavy (non-hydrogen) atoms. The number of primary amides is 1. The number of nitrogens with zero attached hydrogens (tertiary/aromatic N) is 4. The lowest BCUT2D eigenvalue weighted by atomic mass is 9.88. The monoisotopic (exact) mass is 355 g/mol. The number of nitrogens with one attached hydrogen (secondary N) is 2. The van der Waals surface area contributed by atoms with Crippen LogP contribution in [0.15, 0.2) is 30.7 Å². The molecular formula is C17H21N7O2. The van der Waals surface area contributed by atoms with Gasteiger partial charge in [0.25, 0.3) is 0 Å². The van der Waals surface area contributed by atoms with Gasteiger partial charge in [0.2, 0.25) is 11.9 Å². The fraction of sp³-hybridized carbons (Fsp3) is 0.412. The van der Waals surface area contributed by atoms with Crippen molar-refractivity contribution in [2.75, 3.05) is 17.7 Å². The van der Waals surface area contributed by atoms with Crippen molar-refractivity contribution in [3.63, 3.8) is 0 Å². The summed E-state index contributed by atoms with van der Waals surface area (Å²) in [5.41, 5.74) is 6.41. The normalized spacial score (nSPS) is 26.1. The zero-order valence-corrected chi connectivity index (χ0v) is 14.6. The first kappa shape index (κ1) is 16.4. The molecule has 0 radical (unpaired) electrons. The molecule has 0 unspecified atom stereocenters. The van der Waals surface area contributed by atoms with Crippen molar-refractivity contribution in [3.05, 3.63) is 30.7 Å². The average Bonchev–Trinajstić information content (AvgIpc) is 3.31. The molecule has 2 aromatic rings. The first-order valence-electron chi connectivity index (χ1n) is 8.46. The van der Waals surface area contributed by atoms with Crippen LogP contribution in [0, 0.1) is 17.8 Å². The Morgan fingerprint density at radius 2 is 2.15 bits per heavy atom. The molecule has 2 heterocycles. The Kier molecular flexibility index (Phi) is 3.98. The largest absolute Gasteiger partial charge is 0.491 e. The van der Waals surface area contributed by atoms with Crippen LogP contribution in [0.3, 0.4) is 0 Å². The lowest BCUT2D eigenvalue weighted by molar-refractivity contribution is -0.122. The highest BCUT2D eigenvalue weighted by molar-refractivity contribution is 5.80.